The second kappa shape index (κ2) is 9.54. The van der Waals surface area contributed by atoms with Crippen molar-refractivity contribution in [2.75, 3.05) is 25.1 Å². The SMILES string of the molecule is O=C(COC(=O)c1ccc(NC2CC2)c([N+](=O)[O-])c1)NCCOc1ccccc1. The van der Waals surface area contributed by atoms with Crippen LogP contribution in [0.3, 0.4) is 0 Å². The predicted molar refractivity (Wildman–Crippen MR) is 105 cm³/mol. The van der Waals surface area contributed by atoms with Crippen LogP contribution < -0.4 is 15.4 Å². The summed E-state index contributed by atoms with van der Waals surface area (Å²) in [7, 11) is 0. The van der Waals surface area contributed by atoms with E-state index >= 15 is 0 Å². The first-order valence-electron chi connectivity index (χ1n) is 9.19. The second-order valence-corrected chi connectivity index (χ2v) is 6.50. The number of hydrogen-bond donors (Lipinski definition) is 2. The van der Waals surface area contributed by atoms with Crippen molar-refractivity contribution in [3.05, 3.63) is 64.2 Å². The van der Waals surface area contributed by atoms with E-state index in [2.05, 4.69) is 10.6 Å². The molecule has 0 saturated heterocycles. The molecule has 0 spiro atoms. The minimum absolute atomic E-state index is 0.0123. The van der Waals surface area contributed by atoms with Crippen LogP contribution in [-0.4, -0.2) is 42.6 Å². The third kappa shape index (κ3) is 6.20. The summed E-state index contributed by atoms with van der Waals surface area (Å²) in [5.74, 6) is -0.604. The quantitative estimate of drug-likeness (QED) is 0.273. The van der Waals surface area contributed by atoms with E-state index in [0.717, 1.165) is 18.9 Å². The van der Waals surface area contributed by atoms with Crippen LogP contribution in [0.15, 0.2) is 48.5 Å². The molecule has 2 aromatic rings. The number of carbonyl (C=O) groups is 2. The minimum atomic E-state index is -0.804. The molecule has 1 amide bonds. The zero-order valence-electron chi connectivity index (χ0n) is 15.6. The number of para-hydroxylation sites is 1. The normalized spacial score (nSPS) is 12.7. The Morgan fingerprint density at radius 1 is 1.14 bits per heavy atom. The number of nitro groups is 1. The van der Waals surface area contributed by atoms with E-state index in [1.807, 2.05) is 18.2 Å². The highest BCUT2D eigenvalue weighted by Crippen LogP contribution is 2.31. The van der Waals surface area contributed by atoms with E-state index < -0.39 is 23.4 Å². The summed E-state index contributed by atoms with van der Waals surface area (Å²) in [5, 5.41) is 16.9. The monoisotopic (exact) mass is 399 g/mol. The fourth-order valence-electron chi connectivity index (χ4n) is 2.52. The average molecular weight is 399 g/mol. The van der Waals surface area contributed by atoms with Crippen LogP contribution in [-0.2, 0) is 9.53 Å². The van der Waals surface area contributed by atoms with Crippen LogP contribution in [0.25, 0.3) is 0 Å². The number of nitrogens with one attached hydrogen (secondary N) is 2. The van der Waals surface area contributed by atoms with Crippen molar-refractivity contribution in [1.29, 1.82) is 0 Å². The Hall–Kier alpha value is -3.62. The van der Waals surface area contributed by atoms with Gasteiger partial charge in [0.2, 0.25) is 0 Å². The number of carbonyl (C=O) groups excluding carboxylic acids is 2. The van der Waals surface area contributed by atoms with Gasteiger partial charge in [-0.1, -0.05) is 18.2 Å². The van der Waals surface area contributed by atoms with Gasteiger partial charge >= 0.3 is 5.97 Å². The summed E-state index contributed by atoms with van der Waals surface area (Å²) in [5.41, 5.74) is 0.178. The number of nitrogens with zero attached hydrogens (tertiary/aromatic N) is 1. The summed E-state index contributed by atoms with van der Waals surface area (Å²) in [4.78, 5) is 34.6. The van der Waals surface area contributed by atoms with Gasteiger partial charge in [0.05, 0.1) is 17.0 Å². The third-order valence-corrected chi connectivity index (χ3v) is 4.14. The Morgan fingerprint density at radius 2 is 1.90 bits per heavy atom. The molecule has 3 rings (SSSR count). The van der Waals surface area contributed by atoms with Gasteiger partial charge in [-0.25, -0.2) is 4.79 Å². The number of rotatable bonds is 10. The first-order valence-corrected chi connectivity index (χ1v) is 9.19. The maximum atomic E-state index is 12.1. The highest BCUT2D eigenvalue weighted by atomic mass is 16.6. The molecule has 1 saturated carbocycles. The van der Waals surface area contributed by atoms with Crippen molar-refractivity contribution < 1.29 is 24.0 Å². The molecular formula is C20H21N3O6. The second-order valence-electron chi connectivity index (χ2n) is 6.50. The molecule has 1 aliphatic rings. The van der Waals surface area contributed by atoms with Gasteiger partial charge in [0.15, 0.2) is 6.61 Å². The molecule has 0 atom stereocenters. The molecule has 0 radical (unpaired) electrons. The molecule has 1 fully saturated rings. The zero-order chi connectivity index (χ0) is 20.6. The van der Waals surface area contributed by atoms with Gasteiger partial charge in [0.1, 0.15) is 18.0 Å². The van der Waals surface area contributed by atoms with Gasteiger partial charge in [0, 0.05) is 12.1 Å². The number of nitro benzene ring substituents is 1. The Morgan fingerprint density at radius 3 is 2.59 bits per heavy atom. The molecule has 29 heavy (non-hydrogen) atoms. The van der Waals surface area contributed by atoms with Crippen molar-refractivity contribution in [3.8, 4) is 5.75 Å². The fraction of sp³-hybridized carbons (Fsp3) is 0.300. The van der Waals surface area contributed by atoms with Crippen LogP contribution in [0.5, 0.6) is 5.75 Å². The van der Waals surface area contributed by atoms with E-state index in [0.29, 0.717) is 11.4 Å². The van der Waals surface area contributed by atoms with Gasteiger partial charge in [-0.2, -0.15) is 0 Å². The summed E-state index contributed by atoms with van der Waals surface area (Å²) >= 11 is 0. The maximum Gasteiger partial charge on any atom is 0.338 e. The molecule has 9 heteroatoms. The summed E-state index contributed by atoms with van der Waals surface area (Å²) in [6.45, 7) is 0.0314. The molecule has 0 aliphatic heterocycles. The highest BCUT2D eigenvalue weighted by molar-refractivity contribution is 5.93. The molecule has 0 aromatic heterocycles. The van der Waals surface area contributed by atoms with Gasteiger partial charge < -0.3 is 20.1 Å². The van der Waals surface area contributed by atoms with Gasteiger partial charge in [-0.3, -0.25) is 14.9 Å². The first kappa shape index (κ1) is 20.1. The number of benzene rings is 2. The van der Waals surface area contributed by atoms with Crippen LogP contribution in [0.2, 0.25) is 0 Å². The predicted octanol–water partition coefficient (Wildman–Crippen LogP) is 2.52. The summed E-state index contributed by atoms with van der Waals surface area (Å²) < 4.78 is 10.4. The number of amides is 1. The molecule has 0 bridgehead atoms. The van der Waals surface area contributed by atoms with Crippen LogP contribution in [0, 0.1) is 10.1 Å². The van der Waals surface area contributed by atoms with E-state index in [1.54, 1.807) is 12.1 Å². The molecule has 0 unspecified atom stereocenters. The molecule has 2 aromatic carbocycles. The van der Waals surface area contributed by atoms with Gasteiger partial charge in [0.25, 0.3) is 11.6 Å². The number of esters is 1. The molecular weight excluding hydrogens is 378 g/mol. The molecule has 1 aliphatic carbocycles. The van der Waals surface area contributed by atoms with Crippen LogP contribution >= 0.6 is 0 Å². The lowest BCUT2D eigenvalue weighted by Gasteiger charge is -2.09. The first-order chi connectivity index (χ1) is 14.0. The van der Waals surface area contributed by atoms with E-state index in [-0.39, 0.29) is 30.4 Å². The third-order valence-electron chi connectivity index (χ3n) is 4.14. The topological polar surface area (TPSA) is 120 Å². The smallest absolute Gasteiger partial charge is 0.338 e. The molecule has 0 heterocycles. The van der Waals surface area contributed by atoms with Crippen molar-refractivity contribution >= 4 is 23.3 Å². The van der Waals surface area contributed by atoms with Gasteiger partial charge in [-0.15, -0.1) is 0 Å². The fourth-order valence-corrected chi connectivity index (χ4v) is 2.52. The molecule has 9 nitrogen and oxygen atoms in total. The van der Waals surface area contributed by atoms with E-state index in [9.17, 15) is 19.7 Å². The zero-order valence-corrected chi connectivity index (χ0v) is 15.6. The Kier molecular flexibility index (Phi) is 6.62. The average Bonchev–Trinajstić information content (AvgIpc) is 3.54. The van der Waals surface area contributed by atoms with Crippen molar-refractivity contribution in [1.82, 2.24) is 5.32 Å². The van der Waals surface area contributed by atoms with E-state index in [4.69, 9.17) is 9.47 Å². The number of ether oxygens (including phenoxy) is 2. The van der Waals surface area contributed by atoms with Crippen LogP contribution in [0.1, 0.15) is 23.2 Å². The largest absolute Gasteiger partial charge is 0.492 e. The van der Waals surface area contributed by atoms with Crippen molar-refractivity contribution in [3.63, 3.8) is 0 Å². The Bertz CT molecular complexity index is 883. The summed E-state index contributed by atoms with van der Waals surface area (Å²) in [6, 6.07) is 13.5. The maximum absolute atomic E-state index is 12.1. The highest BCUT2D eigenvalue weighted by Gasteiger charge is 2.26. The lowest BCUT2D eigenvalue weighted by Crippen LogP contribution is -2.32. The van der Waals surface area contributed by atoms with Crippen molar-refractivity contribution in [2.45, 2.75) is 18.9 Å². The number of anilines is 1. The van der Waals surface area contributed by atoms with Crippen molar-refractivity contribution in [2.24, 2.45) is 0 Å². The Labute approximate surface area is 167 Å². The minimum Gasteiger partial charge on any atom is -0.492 e. The van der Waals surface area contributed by atoms with E-state index in [1.165, 1.54) is 12.1 Å². The lowest BCUT2D eigenvalue weighted by molar-refractivity contribution is -0.384. The van der Waals surface area contributed by atoms with Crippen LogP contribution in [0.4, 0.5) is 11.4 Å². The number of hydrogen-bond acceptors (Lipinski definition) is 7. The lowest BCUT2D eigenvalue weighted by atomic mass is 10.1. The van der Waals surface area contributed by atoms with Gasteiger partial charge in [-0.05, 0) is 37.1 Å². The molecule has 152 valence electrons. The standard InChI is InChI=1S/C20H21N3O6/c24-19(21-10-11-28-16-4-2-1-3-5-16)13-29-20(25)14-6-9-17(22-15-7-8-15)18(12-14)23(26)27/h1-6,9,12,15,22H,7-8,10-11,13H2,(H,21,24). The molecule has 2 N–H and O–H groups in total. The summed E-state index contributed by atoms with van der Waals surface area (Å²) in [6.07, 6.45) is 1.93. The Balaban J connectivity index is 1.44.